The highest BCUT2D eigenvalue weighted by Crippen LogP contribution is 2.32. The maximum atomic E-state index is 6.20. The Labute approximate surface area is 116 Å². The second-order valence-electron chi connectivity index (χ2n) is 6.21. The molecule has 2 saturated heterocycles. The number of benzene rings is 1. The highest BCUT2D eigenvalue weighted by atomic mass is 15.3. The molecule has 0 amide bonds. The third-order valence-electron chi connectivity index (χ3n) is 4.68. The van der Waals surface area contributed by atoms with Crippen LogP contribution in [0.4, 0.5) is 11.4 Å². The zero-order valence-corrected chi connectivity index (χ0v) is 12.1. The molecular formula is C16H25N3. The first-order valence-electron chi connectivity index (χ1n) is 7.52. The van der Waals surface area contributed by atoms with Gasteiger partial charge in [0, 0.05) is 25.2 Å². The molecule has 19 heavy (non-hydrogen) atoms. The molecule has 2 unspecified atom stereocenters. The van der Waals surface area contributed by atoms with E-state index in [4.69, 9.17) is 5.73 Å². The fourth-order valence-electron chi connectivity index (χ4n) is 3.59. The van der Waals surface area contributed by atoms with Crippen LogP contribution in [0.3, 0.4) is 0 Å². The average Bonchev–Trinajstić information content (AvgIpc) is 2.41. The van der Waals surface area contributed by atoms with Gasteiger partial charge in [0.25, 0.3) is 0 Å². The molecule has 2 heterocycles. The predicted octanol–water partition coefficient (Wildman–Crippen LogP) is 2.64. The predicted molar refractivity (Wildman–Crippen MR) is 81.6 cm³/mol. The molecule has 2 atom stereocenters. The molecule has 0 radical (unpaired) electrons. The molecule has 104 valence electrons. The van der Waals surface area contributed by atoms with Gasteiger partial charge in [-0.2, -0.15) is 0 Å². The molecule has 0 aromatic heterocycles. The summed E-state index contributed by atoms with van der Waals surface area (Å²) >= 11 is 0. The van der Waals surface area contributed by atoms with E-state index in [0.717, 1.165) is 18.3 Å². The maximum absolute atomic E-state index is 6.20. The standard InChI is InChI=1S/C16H25N3/c1-12-6-7-15(17)16(9-12)19-11-14-5-3-4-8-18(14)10-13(19)2/h6-7,9,13-14H,3-5,8,10-11,17H2,1-2H3. The molecule has 0 saturated carbocycles. The van der Waals surface area contributed by atoms with Crippen molar-refractivity contribution in [1.29, 1.82) is 0 Å². The fourth-order valence-corrected chi connectivity index (χ4v) is 3.59. The van der Waals surface area contributed by atoms with E-state index in [1.165, 1.54) is 43.6 Å². The normalized spacial score (nSPS) is 28.2. The molecule has 0 bridgehead atoms. The molecule has 0 spiro atoms. The van der Waals surface area contributed by atoms with Gasteiger partial charge in [-0.1, -0.05) is 12.5 Å². The fraction of sp³-hybridized carbons (Fsp3) is 0.625. The number of aryl methyl sites for hydroxylation is 1. The van der Waals surface area contributed by atoms with Crippen LogP contribution < -0.4 is 10.6 Å². The zero-order valence-electron chi connectivity index (χ0n) is 12.1. The Hall–Kier alpha value is -1.22. The molecule has 1 aromatic rings. The number of nitrogens with two attached hydrogens (primary N) is 1. The minimum Gasteiger partial charge on any atom is -0.397 e. The molecule has 2 aliphatic heterocycles. The van der Waals surface area contributed by atoms with Crippen molar-refractivity contribution in [2.24, 2.45) is 0 Å². The summed E-state index contributed by atoms with van der Waals surface area (Å²) in [6.07, 6.45) is 4.09. The summed E-state index contributed by atoms with van der Waals surface area (Å²) < 4.78 is 0. The number of hydrogen-bond donors (Lipinski definition) is 1. The molecular weight excluding hydrogens is 234 g/mol. The Balaban J connectivity index is 1.85. The van der Waals surface area contributed by atoms with E-state index in [0.29, 0.717) is 6.04 Å². The number of nitrogens with zero attached hydrogens (tertiary/aromatic N) is 2. The van der Waals surface area contributed by atoms with Crippen LogP contribution in [0, 0.1) is 6.92 Å². The molecule has 2 aliphatic rings. The van der Waals surface area contributed by atoms with Crippen LogP contribution >= 0.6 is 0 Å². The molecule has 3 heteroatoms. The Morgan fingerprint density at radius 2 is 2.05 bits per heavy atom. The lowest BCUT2D eigenvalue weighted by Crippen LogP contribution is -2.59. The van der Waals surface area contributed by atoms with Crippen molar-refractivity contribution in [1.82, 2.24) is 4.90 Å². The van der Waals surface area contributed by atoms with Crippen molar-refractivity contribution in [3.05, 3.63) is 23.8 Å². The van der Waals surface area contributed by atoms with Crippen LogP contribution in [0.15, 0.2) is 18.2 Å². The Morgan fingerprint density at radius 1 is 1.21 bits per heavy atom. The second-order valence-corrected chi connectivity index (χ2v) is 6.21. The minimum atomic E-state index is 0.554. The lowest BCUT2D eigenvalue weighted by Gasteiger charge is -2.48. The van der Waals surface area contributed by atoms with E-state index >= 15 is 0 Å². The van der Waals surface area contributed by atoms with E-state index in [1.54, 1.807) is 0 Å². The summed E-state index contributed by atoms with van der Waals surface area (Å²) in [5, 5.41) is 0. The van der Waals surface area contributed by atoms with Crippen molar-refractivity contribution in [3.8, 4) is 0 Å². The monoisotopic (exact) mass is 259 g/mol. The van der Waals surface area contributed by atoms with Crippen LogP contribution in [0.25, 0.3) is 0 Å². The Kier molecular flexibility index (Phi) is 3.40. The van der Waals surface area contributed by atoms with Crippen molar-refractivity contribution < 1.29 is 0 Å². The highest BCUT2D eigenvalue weighted by Gasteiger charge is 2.33. The number of hydrogen-bond acceptors (Lipinski definition) is 3. The summed E-state index contributed by atoms with van der Waals surface area (Å²) in [7, 11) is 0. The maximum Gasteiger partial charge on any atom is 0.0605 e. The van der Waals surface area contributed by atoms with Crippen LogP contribution in [-0.4, -0.2) is 36.6 Å². The van der Waals surface area contributed by atoms with E-state index in [1.807, 2.05) is 6.07 Å². The summed E-state index contributed by atoms with van der Waals surface area (Å²) in [4.78, 5) is 5.20. The SMILES string of the molecule is Cc1ccc(N)c(N2CC3CCCCN3CC2C)c1. The third-order valence-corrected chi connectivity index (χ3v) is 4.68. The Bertz CT molecular complexity index is 457. The first-order valence-corrected chi connectivity index (χ1v) is 7.52. The van der Waals surface area contributed by atoms with Crippen LogP contribution in [-0.2, 0) is 0 Å². The third kappa shape index (κ3) is 2.44. The number of piperazine rings is 1. The smallest absolute Gasteiger partial charge is 0.0605 e. The van der Waals surface area contributed by atoms with Gasteiger partial charge < -0.3 is 10.6 Å². The van der Waals surface area contributed by atoms with Gasteiger partial charge >= 0.3 is 0 Å². The minimum absolute atomic E-state index is 0.554. The quantitative estimate of drug-likeness (QED) is 0.787. The van der Waals surface area contributed by atoms with Gasteiger partial charge in [0.2, 0.25) is 0 Å². The summed E-state index contributed by atoms with van der Waals surface area (Å²) in [5.74, 6) is 0. The molecule has 1 aromatic carbocycles. The zero-order chi connectivity index (χ0) is 13.4. The molecule has 3 rings (SSSR count). The van der Waals surface area contributed by atoms with E-state index in [-0.39, 0.29) is 0 Å². The first kappa shape index (κ1) is 12.8. The van der Waals surface area contributed by atoms with Gasteiger partial charge in [-0.05, 0) is 50.9 Å². The number of rotatable bonds is 1. The summed E-state index contributed by atoms with van der Waals surface area (Å²) in [6.45, 7) is 8.07. The van der Waals surface area contributed by atoms with Gasteiger partial charge in [-0.3, -0.25) is 4.90 Å². The number of fused-ring (bicyclic) bond motifs is 1. The molecule has 2 fully saturated rings. The number of nitrogen functional groups attached to an aromatic ring is 1. The van der Waals surface area contributed by atoms with Crippen LogP contribution in [0.2, 0.25) is 0 Å². The van der Waals surface area contributed by atoms with Gasteiger partial charge in [-0.15, -0.1) is 0 Å². The highest BCUT2D eigenvalue weighted by molar-refractivity contribution is 5.69. The van der Waals surface area contributed by atoms with E-state index < -0.39 is 0 Å². The lowest BCUT2D eigenvalue weighted by atomic mass is 9.96. The van der Waals surface area contributed by atoms with Crippen molar-refractivity contribution >= 4 is 11.4 Å². The first-order chi connectivity index (χ1) is 9.15. The second kappa shape index (κ2) is 5.04. The number of piperidine rings is 1. The average molecular weight is 259 g/mol. The van der Waals surface area contributed by atoms with Gasteiger partial charge in [0.15, 0.2) is 0 Å². The number of anilines is 2. The van der Waals surface area contributed by atoms with Gasteiger partial charge in [-0.25, -0.2) is 0 Å². The summed E-state index contributed by atoms with van der Waals surface area (Å²) in [5.41, 5.74) is 9.64. The van der Waals surface area contributed by atoms with Crippen molar-refractivity contribution in [2.45, 2.75) is 45.2 Å². The summed E-state index contributed by atoms with van der Waals surface area (Å²) in [6, 6.07) is 7.67. The largest absolute Gasteiger partial charge is 0.397 e. The Morgan fingerprint density at radius 3 is 2.89 bits per heavy atom. The lowest BCUT2D eigenvalue weighted by molar-refractivity contribution is 0.115. The van der Waals surface area contributed by atoms with Crippen molar-refractivity contribution in [3.63, 3.8) is 0 Å². The topological polar surface area (TPSA) is 32.5 Å². The molecule has 2 N–H and O–H groups in total. The van der Waals surface area contributed by atoms with E-state index in [2.05, 4.69) is 35.8 Å². The molecule has 3 nitrogen and oxygen atoms in total. The van der Waals surface area contributed by atoms with E-state index in [9.17, 15) is 0 Å². The van der Waals surface area contributed by atoms with Gasteiger partial charge in [0.05, 0.1) is 11.4 Å². The van der Waals surface area contributed by atoms with Crippen LogP contribution in [0.1, 0.15) is 31.7 Å². The van der Waals surface area contributed by atoms with Gasteiger partial charge in [0.1, 0.15) is 0 Å². The van der Waals surface area contributed by atoms with Crippen molar-refractivity contribution in [2.75, 3.05) is 30.3 Å². The molecule has 0 aliphatic carbocycles. The van der Waals surface area contributed by atoms with Crippen LogP contribution in [0.5, 0.6) is 0 Å².